The molecule has 1 aliphatic rings. The second-order valence-electron chi connectivity index (χ2n) is 9.43. The van der Waals surface area contributed by atoms with Crippen molar-refractivity contribution < 1.29 is 9.18 Å². The van der Waals surface area contributed by atoms with Crippen LogP contribution in [0, 0.1) is 5.82 Å². The van der Waals surface area contributed by atoms with Gasteiger partial charge >= 0.3 is 0 Å². The average molecular weight is 508 g/mol. The third kappa shape index (κ3) is 4.70. The zero-order valence-corrected chi connectivity index (χ0v) is 20.9. The minimum Gasteiger partial charge on any atom is -0.349 e. The van der Waals surface area contributed by atoms with Gasteiger partial charge in [0, 0.05) is 55.7 Å². The van der Waals surface area contributed by atoms with Crippen LogP contribution in [0.25, 0.3) is 33.7 Å². The largest absolute Gasteiger partial charge is 0.349 e. The van der Waals surface area contributed by atoms with Crippen molar-refractivity contribution in [3.8, 4) is 22.8 Å². The number of aromatic nitrogens is 5. The number of anilines is 1. The summed E-state index contributed by atoms with van der Waals surface area (Å²) in [5.41, 5.74) is 3.45. The van der Waals surface area contributed by atoms with E-state index in [1.54, 1.807) is 30.5 Å². The van der Waals surface area contributed by atoms with E-state index < -0.39 is 0 Å². The Morgan fingerprint density at radius 1 is 1.00 bits per heavy atom. The van der Waals surface area contributed by atoms with Crippen molar-refractivity contribution in [2.45, 2.75) is 18.9 Å². The van der Waals surface area contributed by atoms with E-state index >= 15 is 0 Å². The van der Waals surface area contributed by atoms with Crippen molar-refractivity contribution >= 4 is 22.8 Å². The number of pyridine rings is 1. The molecule has 0 spiro atoms. The maximum Gasteiger partial charge on any atom is 0.253 e. The lowest BCUT2D eigenvalue weighted by molar-refractivity contribution is 0.0930. The van der Waals surface area contributed by atoms with Crippen LogP contribution in [0.5, 0.6) is 0 Å². The lowest BCUT2D eigenvalue weighted by Gasteiger charge is -2.32. The first-order valence-corrected chi connectivity index (χ1v) is 12.6. The Morgan fingerprint density at radius 2 is 1.84 bits per heavy atom. The number of nitrogens with one attached hydrogen (secondary N) is 1. The Bertz CT molecular complexity index is 1610. The first-order chi connectivity index (χ1) is 18.5. The molecular weight excluding hydrogens is 481 g/mol. The maximum absolute atomic E-state index is 13.5. The summed E-state index contributed by atoms with van der Waals surface area (Å²) in [6.07, 6.45) is 6.75. The van der Waals surface area contributed by atoms with E-state index in [0.29, 0.717) is 22.8 Å². The number of rotatable bonds is 5. The molecule has 0 saturated carbocycles. The molecule has 0 unspecified atom stereocenters. The maximum atomic E-state index is 13.5. The lowest BCUT2D eigenvalue weighted by atomic mass is 10.0. The van der Waals surface area contributed by atoms with Gasteiger partial charge in [0.05, 0.1) is 16.8 Å². The average Bonchev–Trinajstić information content (AvgIpc) is 3.38. The molecule has 38 heavy (non-hydrogen) atoms. The van der Waals surface area contributed by atoms with Crippen molar-refractivity contribution in [3.05, 3.63) is 90.6 Å². The monoisotopic (exact) mass is 507 g/mol. The summed E-state index contributed by atoms with van der Waals surface area (Å²) in [7, 11) is 1.96. The van der Waals surface area contributed by atoms with Gasteiger partial charge in [0.15, 0.2) is 5.82 Å². The summed E-state index contributed by atoms with van der Waals surface area (Å²) in [6, 6.07) is 17.7. The van der Waals surface area contributed by atoms with Gasteiger partial charge in [0.2, 0.25) is 5.95 Å². The van der Waals surface area contributed by atoms with Crippen molar-refractivity contribution in [2.75, 3.05) is 18.0 Å². The number of fused-ring (bicyclic) bond motifs is 1. The molecule has 1 saturated heterocycles. The van der Waals surface area contributed by atoms with Gasteiger partial charge in [-0.05, 0) is 43.2 Å². The Kier molecular flexibility index (Phi) is 6.25. The van der Waals surface area contributed by atoms with Crippen LogP contribution in [0.15, 0.2) is 79.3 Å². The van der Waals surface area contributed by atoms with Gasteiger partial charge < -0.3 is 14.8 Å². The van der Waals surface area contributed by atoms with Gasteiger partial charge in [-0.1, -0.05) is 30.3 Å². The standard InChI is InChI=1S/C29H26FN7O/c1-36-16-13-31-27(36)26-23-7-2-3-8-25(23)34-29(35-26)37-14-11-22(12-15-37)33-28(38)20-9-10-24(32-18-20)19-5-4-6-21(30)17-19/h2-10,13,16-18,22H,11-12,14-15H2,1H3,(H,33,38). The summed E-state index contributed by atoms with van der Waals surface area (Å²) < 4.78 is 15.5. The Morgan fingerprint density at radius 3 is 2.58 bits per heavy atom. The molecule has 0 radical (unpaired) electrons. The number of para-hydroxylation sites is 1. The fourth-order valence-electron chi connectivity index (χ4n) is 4.81. The summed E-state index contributed by atoms with van der Waals surface area (Å²) in [5, 5.41) is 4.09. The summed E-state index contributed by atoms with van der Waals surface area (Å²) in [4.78, 5) is 33.6. The van der Waals surface area contributed by atoms with Gasteiger partial charge in [0.1, 0.15) is 11.5 Å². The molecular formula is C29H26FN7O. The molecule has 0 atom stereocenters. The van der Waals surface area contributed by atoms with Gasteiger partial charge in [-0.15, -0.1) is 0 Å². The molecule has 9 heteroatoms. The topological polar surface area (TPSA) is 88.8 Å². The number of carbonyl (C=O) groups excluding carboxylic acids is 1. The number of benzene rings is 2. The SMILES string of the molecule is Cn1ccnc1-c1nc(N2CCC(NC(=O)c3ccc(-c4cccc(F)c4)nc3)CC2)nc2ccccc12. The molecule has 1 aliphatic heterocycles. The second-order valence-corrected chi connectivity index (χ2v) is 9.43. The first-order valence-electron chi connectivity index (χ1n) is 12.6. The van der Waals surface area contributed by atoms with Crippen LogP contribution in [0.2, 0.25) is 0 Å². The van der Waals surface area contributed by atoms with Crippen LogP contribution in [-0.2, 0) is 7.05 Å². The predicted octanol–water partition coefficient (Wildman–Crippen LogP) is 4.63. The number of aryl methyl sites for hydroxylation is 1. The number of hydrogen-bond donors (Lipinski definition) is 1. The zero-order valence-electron chi connectivity index (χ0n) is 20.9. The Balaban J connectivity index is 1.13. The molecule has 3 aromatic heterocycles. The Hall–Kier alpha value is -4.66. The third-order valence-corrected chi connectivity index (χ3v) is 6.88. The summed E-state index contributed by atoms with van der Waals surface area (Å²) in [6.45, 7) is 1.44. The molecule has 190 valence electrons. The van der Waals surface area contributed by atoms with E-state index in [9.17, 15) is 9.18 Å². The highest BCUT2D eigenvalue weighted by Crippen LogP contribution is 2.28. The quantitative estimate of drug-likeness (QED) is 0.373. The molecule has 0 aliphatic carbocycles. The highest BCUT2D eigenvalue weighted by molar-refractivity contribution is 5.94. The third-order valence-electron chi connectivity index (χ3n) is 6.88. The highest BCUT2D eigenvalue weighted by Gasteiger charge is 2.24. The summed E-state index contributed by atoms with van der Waals surface area (Å²) in [5.74, 6) is 0.979. The zero-order chi connectivity index (χ0) is 26.1. The van der Waals surface area contributed by atoms with Gasteiger partial charge in [-0.3, -0.25) is 9.78 Å². The van der Waals surface area contributed by atoms with Crippen molar-refractivity contribution in [1.82, 2.24) is 29.8 Å². The van der Waals surface area contributed by atoms with Crippen LogP contribution < -0.4 is 10.2 Å². The number of carbonyl (C=O) groups is 1. The van der Waals surface area contributed by atoms with E-state index in [0.717, 1.165) is 48.4 Å². The molecule has 1 N–H and O–H groups in total. The fraction of sp³-hybridized carbons (Fsp3) is 0.207. The Labute approximate surface area is 219 Å². The lowest BCUT2D eigenvalue weighted by Crippen LogP contribution is -2.45. The number of piperidine rings is 1. The molecule has 2 aromatic carbocycles. The van der Waals surface area contributed by atoms with Gasteiger partial charge in [-0.2, -0.15) is 0 Å². The van der Waals surface area contributed by atoms with Gasteiger partial charge in [0.25, 0.3) is 5.91 Å². The predicted molar refractivity (Wildman–Crippen MR) is 144 cm³/mol. The van der Waals surface area contributed by atoms with Crippen LogP contribution in [0.3, 0.4) is 0 Å². The second kappa shape index (κ2) is 10.0. The summed E-state index contributed by atoms with van der Waals surface area (Å²) >= 11 is 0. The van der Waals surface area contributed by atoms with E-state index in [1.165, 1.54) is 18.3 Å². The number of halogens is 1. The van der Waals surface area contributed by atoms with E-state index in [2.05, 4.69) is 20.2 Å². The molecule has 0 bridgehead atoms. The fourth-order valence-corrected chi connectivity index (χ4v) is 4.81. The van der Waals surface area contributed by atoms with E-state index in [4.69, 9.17) is 9.97 Å². The van der Waals surface area contributed by atoms with Crippen molar-refractivity contribution in [3.63, 3.8) is 0 Å². The van der Waals surface area contributed by atoms with Crippen LogP contribution in [0.1, 0.15) is 23.2 Å². The normalized spacial score (nSPS) is 14.1. The minimum absolute atomic E-state index is 0.0381. The molecule has 8 nitrogen and oxygen atoms in total. The van der Waals surface area contributed by atoms with Gasteiger partial charge in [-0.25, -0.2) is 19.3 Å². The molecule has 4 heterocycles. The molecule has 1 fully saturated rings. The molecule has 5 aromatic rings. The first kappa shape index (κ1) is 23.7. The van der Waals surface area contributed by atoms with Crippen molar-refractivity contribution in [1.29, 1.82) is 0 Å². The van der Waals surface area contributed by atoms with Crippen LogP contribution >= 0.6 is 0 Å². The number of imidazole rings is 1. The van der Waals surface area contributed by atoms with Crippen LogP contribution in [-0.4, -0.2) is 49.5 Å². The molecule has 1 amide bonds. The van der Waals surface area contributed by atoms with E-state index in [-0.39, 0.29) is 17.8 Å². The number of hydrogen-bond acceptors (Lipinski definition) is 6. The smallest absolute Gasteiger partial charge is 0.253 e. The van der Waals surface area contributed by atoms with Crippen LogP contribution in [0.4, 0.5) is 10.3 Å². The minimum atomic E-state index is -0.320. The van der Waals surface area contributed by atoms with E-state index in [1.807, 2.05) is 42.1 Å². The highest BCUT2D eigenvalue weighted by atomic mass is 19.1. The number of nitrogens with zero attached hydrogens (tertiary/aromatic N) is 6. The van der Waals surface area contributed by atoms with Crippen molar-refractivity contribution in [2.24, 2.45) is 7.05 Å². The number of amides is 1. The molecule has 6 rings (SSSR count).